The van der Waals surface area contributed by atoms with E-state index in [1.807, 2.05) is 0 Å². The lowest BCUT2D eigenvalue weighted by molar-refractivity contribution is -0.143. The normalized spacial score (nSPS) is 11.9. The zero-order valence-corrected chi connectivity index (χ0v) is 21.4. The summed E-state index contributed by atoms with van der Waals surface area (Å²) in [6.45, 7) is 1.74. The number of nitrogens with zero attached hydrogens (tertiary/aromatic N) is 4. The predicted octanol–water partition coefficient (Wildman–Crippen LogP) is 7.80. The van der Waals surface area contributed by atoms with Gasteiger partial charge in [0.25, 0.3) is 0 Å². The molecule has 12 heteroatoms. The summed E-state index contributed by atoms with van der Waals surface area (Å²) < 4.78 is 79.4. The number of H-pyrrole nitrogens is 1. The highest BCUT2D eigenvalue weighted by Crippen LogP contribution is 2.37. The van der Waals surface area contributed by atoms with Gasteiger partial charge in [-0.1, -0.05) is 57.5 Å². The van der Waals surface area contributed by atoms with Crippen LogP contribution in [0.15, 0.2) is 73.1 Å². The Morgan fingerprint density at radius 3 is 2.32 bits per heavy atom. The fourth-order valence-electron chi connectivity index (χ4n) is 3.70. The number of aryl methyl sites for hydroxylation is 1. The molecule has 5 aromatic rings. The van der Waals surface area contributed by atoms with Crippen LogP contribution in [0.25, 0.3) is 22.2 Å². The number of hydrogen-bond acceptors (Lipinski definition) is 3. The van der Waals surface area contributed by atoms with Gasteiger partial charge in [0.1, 0.15) is 5.69 Å². The summed E-state index contributed by atoms with van der Waals surface area (Å²) >= 11 is 3.41. The van der Waals surface area contributed by atoms with E-state index in [9.17, 15) is 26.3 Å². The zero-order chi connectivity index (χ0) is 27.5. The molecule has 0 aliphatic heterocycles. The highest BCUT2D eigenvalue weighted by molar-refractivity contribution is 9.08. The Bertz CT molecular complexity index is 1540. The topological polar surface area (TPSA) is 59.4 Å². The quantitative estimate of drug-likeness (QED) is 0.170. The van der Waals surface area contributed by atoms with Crippen LogP contribution >= 0.6 is 15.9 Å². The van der Waals surface area contributed by atoms with E-state index in [1.165, 1.54) is 17.3 Å². The number of fused-ring (bicyclic) bond motifs is 1. The van der Waals surface area contributed by atoms with Crippen LogP contribution in [-0.2, 0) is 24.2 Å². The molecule has 0 saturated carbocycles. The third-order valence-electron chi connectivity index (χ3n) is 5.75. The van der Waals surface area contributed by atoms with Gasteiger partial charge in [-0.05, 0) is 47.9 Å². The number of hydrogen-bond donors (Lipinski definition) is 1. The van der Waals surface area contributed by atoms with Crippen LogP contribution in [0.5, 0.6) is 0 Å². The first-order valence-corrected chi connectivity index (χ1v) is 12.3. The minimum absolute atomic E-state index is 0.111. The van der Waals surface area contributed by atoms with Gasteiger partial charge >= 0.3 is 12.4 Å². The Balaban J connectivity index is 0.000000317. The van der Waals surface area contributed by atoms with Crippen molar-refractivity contribution in [3.63, 3.8) is 0 Å². The maximum atomic E-state index is 13.3. The van der Waals surface area contributed by atoms with Crippen LogP contribution in [0.4, 0.5) is 26.3 Å². The molecule has 0 aliphatic rings. The first-order valence-electron chi connectivity index (χ1n) is 11.2. The van der Waals surface area contributed by atoms with Crippen molar-refractivity contribution in [3.8, 4) is 11.3 Å². The van der Waals surface area contributed by atoms with Crippen LogP contribution in [0.2, 0.25) is 0 Å². The average molecular weight is 596 g/mol. The number of nitrogens with one attached hydrogen (secondary N) is 1. The summed E-state index contributed by atoms with van der Waals surface area (Å²) in [7, 11) is 0. The summed E-state index contributed by atoms with van der Waals surface area (Å²) in [5, 5.41) is 16.2. The molecule has 2 heterocycles. The molecule has 0 radical (unpaired) electrons. The van der Waals surface area contributed by atoms with E-state index in [0.717, 1.165) is 27.0 Å². The van der Waals surface area contributed by atoms with Crippen LogP contribution in [0.1, 0.15) is 27.8 Å². The number of halogens is 7. The van der Waals surface area contributed by atoms with Gasteiger partial charge in [0.15, 0.2) is 0 Å². The van der Waals surface area contributed by atoms with Crippen molar-refractivity contribution in [2.24, 2.45) is 0 Å². The van der Waals surface area contributed by atoms with E-state index >= 15 is 0 Å². The Hall–Kier alpha value is -3.67. The standard InChI is InChI=1S/C18H11F6N5.C8H9Br/c19-17(20,21)13-3-1-11(14(6-13)18(22,23)24)8-29-9-16(27-28-29)10-2-4-15-12(5-10)7-25-26-15;1-7-4-2-3-5-8(7)6-9/h1-7,9H,8H2,(H,25,26);2-5H,6H2,1H3. The van der Waals surface area contributed by atoms with Crippen LogP contribution in [0.3, 0.4) is 0 Å². The molecule has 0 fully saturated rings. The molecule has 0 unspecified atom stereocenters. The number of rotatable bonds is 4. The van der Waals surface area contributed by atoms with Crippen LogP contribution in [-0.4, -0.2) is 25.2 Å². The number of aromatic nitrogens is 5. The maximum Gasteiger partial charge on any atom is 0.416 e. The van der Waals surface area contributed by atoms with Crippen molar-refractivity contribution in [2.75, 3.05) is 0 Å². The molecule has 0 atom stereocenters. The molecule has 5 rings (SSSR count). The van der Waals surface area contributed by atoms with Gasteiger partial charge in [0.05, 0.1) is 35.6 Å². The van der Waals surface area contributed by atoms with E-state index in [2.05, 4.69) is 67.6 Å². The molecule has 0 saturated heterocycles. The van der Waals surface area contributed by atoms with Crippen molar-refractivity contribution in [1.29, 1.82) is 0 Å². The molecule has 0 spiro atoms. The maximum absolute atomic E-state index is 13.3. The third-order valence-corrected chi connectivity index (χ3v) is 6.36. The smallest absolute Gasteiger partial charge is 0.278 e. The Morgan fingerprint density at radius 1 is 0.895 bits per heavy atom. The SMILES string of the molecule is Cc1ccccc1CBr.FC(F)(F)c1ccc(Cn2cc(-c3ccc4[nH]ncc4c3)nn2)c(C(F)(F)F)c1. The number of benzene rings is 3. The lowest BCUT2D eigenvalue weighted by atomic mass is 10.0. The Labute approximate surface area is 221 Å². The van der Waals surface area contributed by atoms with Gasteiger partial charge in [-0.2, -0.15) is 31.4 Å². The molecule has 0 aliphatic carbocycles. The number of alkyl halides is 7. The van der Waals surface area contributed by atoms with Crippen molar-refractivity contribution in [2.45, 2.75) is 31.2 Å². The van der Waals surface area contributed by atoms with Crippen molar-refractivity contribution >= 4 is 26.8 Å². The molecule has 0 bridgehead atoms. The second-order valence-electron chi connectivity index (χ2n) is 8.40. The number of aromatic amines is 1. The highest BCUT2D eigenvalue weighted by Gasteiger charge is 2.38. The minimum atomic E-state index is -4.94. The van der Waals surface area contributed by atoms with Crippen molar-refractivity contribution in [3.05, 3.63) is 101 Å². The molecule has 5 nitrogen and oxygen atoms in total. The van der Waals surface area contributed by atoms with E-state index in [4.69, 9.17) is 0 Å². The highest BCUT2D eigenvalue weighted by atomic mass is 79.9. The third kappa shape index (κ3) is 6.42. The van der Waals surface area contributed by atoms with Crippen molar-refractivity contribution < 1.29 is 26.3 Å². The molecule has 1 N–H and O–H groups in total. The van der Waals surface area contributed by atoms with E-state index in [1.54, 1.807) is 24.4 Å². The first-order chi connectivity index (χ1) is 18.0. The summed E-state index contributed by atoms with van der Waals surface area (Å²) in [6.07, 6.45) is -6.77. The summed E-state index contributed by atoms with van der Waals surface area (Å²) in [5.41, 5.74) is 1.56. The largest absolute Gasteiger partial charge is 0.416 e. The fourth-order valence-corrected chi connectivity index (χ4v) is 4.33. The molecule has 38 heavy (non-hydrogen) atoms. The Morgan fingerprint density at radius 2 is 1.66 bits per heavy atom. The second kappa shape index (κ2) is 11.0. The van der Waals surface area contributed by atoms with Gasteiger partial charge < -0.3 is 0 Å². The van der Waals surface area contributed by atoms with Gasteiger partial charge in [-0.3, -0.25) is 5.10 Å². The minimum Gasteiger partial charge on any atom is -0.278 e. The van der Waals surface area contributed by atoms with Crippen molar-refractivity contribution in [1.82, 2.24) is 25.2 Å². The van der Waals surface area contributed by atoms with Gasteiger partial charge in [0.2, 0.25) is 0 Å². The summed E-state index contributed by atoms with van der Waals surface area (Å²) in [5.74, 6) is 0. The average Bonchev–Trinajstić information content (AvgIpc) is 3.53. The van der Waals surface area contributed by atoms with Gasteiger partial charge in [-0.15, -0.1) is 5.10 Å². The van der Waals surface area contributed by atoms with E-state index < -0.39 is 23.5 Å². The summed E-state index contributed by atoms with van der Waals surface area (Å²) in [6, 6.07) is 15.2. The van der Waals surface area contributed by atoms with Crippen LogP contribution < -0.4 is 0 Å². The molecule has 3 aromatic carbocycles. The monoisotopic (exact) mass is 595 g/mol. The first kappa shape index (κ1) is 27.4. The van der Waals surface area contributed by atoms with E-state index in [0.29, 0.717) is 17.3 Å². The summed E-state index contributed by atoms with van der Waals surface area (Å²) in [4.78, 5) is 0. The lowest BCUT2D eigenvalue weighted by Gasteiger charge is -2.15. The second-order valence-corrected chi connectivity index (χ2v) is 8.96. The predicted molar refractivity (Wildman–Crippen MR) is 134 cm³/mol. The van der Waals surface area contributed by atoms with Crippen LogP contribution in [0, 0.1) is 6.92 Å². The molecular formula is C26H20BrF6N5. The lowest BCUT2D eigenvalue weighted by Crippen LogP contribution is -2.15. The molecule has 0 amide bonds. The van der Waals surface area contributed by atoms with Gasteiger partial charge in [0, 0.05) is 16.3 Å². The van der Waals surface area contributed by atoms with E-state index in [-0.39, 0.29) is 18.2 Å². The zero-order valence-electron chi connectivity index (χ0n) is 19.8. The molecule has 2 aromatic heterocycles. The molecule has 198 valence electrons. The van der Waals surface area contributed by atoms with Gasteiger partial charge in [-0.25, -0.2) is 4.68 Å². The molecular weight excluding hydrogens is 576 g/mol. The Kier molecular flexibility index (Phi) is 7.91. The fraction of sp³-hybridized carbons (Fsp3) is 0.192.